The zero-order valence-corrected chi connectivity index (χ0v) is 12.5. The van der Waals surface area contributed by atoms with Gasteiger partial charge in [-0.25, -0.2) is 0 Å². The molecule has 0 radical (unpaired) electrons. The summed E-state index contributed by atoms with van der Waals surface area (Å²) in [4.78, 5) is 14.6. The second kappa shape index (κ2) is 6.37. The molecule has 1 fully saturated rings. The lowest BCUT2D eigenvalue weighted by atomic mass is 9.93. The van der Waals surface area contributed by atoms with Crippen molar-refractivity contribution < 1.29 is 9.53 Å². The number of amides is 1. The minimum absolute atomic E-state index is 0.0929. The molecular formula is C16H24N2O2. The van der Waals surface area contributed by atoms with E-state index in [1.807, 2.05) is 56.0 Å². The van der Waals surface area contributed by atoms with Crippen LogP contribution >= 0.6 is 0 Å². The van der Waals surface area contributed by atoms with E-state index >= 15 is 0 Å². The first kappa shape index (κ1) is 15.0. The summed E-state index contributed by atoms with van der Waals surface area (Å²) in [5.41, 5.74) is 7.25. The second-order valence-electron chi connectivity index (χ2n) is 5.71. The fourth-order valence-corrected chi connectivity index (χ4v) is 2.59. The number of hydrogen-bond donors (Lipinski definition) is 1. The fourth-order valence-electron chi connectivity index (χ4n) is 2.59. The summed E-state index contributed by atoms with van der Waals surface area (Å²) in [5, 5.41) is 0. The highest BCUT2D eigenvalue weighted by molar-refractivity contribution is 5.80. The number of nitrogens with two attached hydrogens (primary N) is 1. The molecule has 0 aliphatic carbocycles. The molecule has 2 N–H and O–H groups in total. The second-order valence-corrected chi connectivity index (χ2v) is 5.71. The predicted molar refractivity (Wildman–Crippen MR) is 79.1 cm³/mol. The van der Waals surface area contributed by atoms with Gasteiger partial charge in [0.25, 0.3) is 0 Å². The molecule has 2 rings (SSSR count). The molecule has 110 valence electrons. The SMILES string of the molecule is CC1CN(C(=O)C(C)C(N)c2ccccc2)C(C)CO1. The van der Waals surface area contributed by atoms with Gasteiger partial charge >= 0.3 is 0 Å². The first-order chi connectivity index (χ1) is 9.50. The number of morpholine rings is 1. The van der Waals surface area contributed by atoms with Crippen molar-refractivity contribution in [2.24, 2.45) is 11.7 Å². The zero-order chi connectivity index (χ0) is 14.7. The van der Waals surface area contributed by atoms with Gasteiger partial charge in [0.15, 0.2) is 0 Å². The Morgan fingerprint density at radius 1 is 1.35 bits per heavy atom. The maximum atomic E-state index is 12.7. The van der Waals surface area contributed by atoms with Gasteiger partial charge in [-0.2, -0.15) is 0 Å². The third-order valence-electron chi connectivity index (χ3n) is 4.00. The van der Waals surface area contributed by atoms with Gasteiger partial charge in [-0.05, 0) is 19.4 Å². The largest absolute Gasteiger partial charge is 0.375 e. The molecule has 1 aliphatic rings. The zero-order valence-electron chi connectivity index (χ0n) is 12.5. The maximum absolute atomic E-state index is 12.7. The van der Waals surface area contributed by atoms with Gasteiger partial charge in [0, 0.05) is 12.6 Å². The highest BCUT2D eigenvalue weighted by atomic mass is 16.5. The average Bonchev–Trinajstić information content (AvgIpc) is 2.48. The number of rotatable bonds is 3. The number of carbonyl (C=O) groups is 1. The Morgan fingerprint density at radius 3 is 2.65 bits per heavy atom. The van der Waals surface area contributed by atoms with Crippen molar-refractivity contribution in [3.63, 3.8) is 0 Å². The summed E-state index contributed by atoms with van der Waals surface area (Å²) < 4.78 is 5.57. The third kappa shape index (κ3) is 3.19. The summed E-state index contributed by atoms with van der Waals surface area (Å²) in [6, 6.07) is 9.64. The minimum Gasteiger partial charge on any atom is -0.375 e. The van der Waals surface area contributed by atoms with Crippen LogP contribution in [0.5, 0.6) is 0 Å². The third-order valence-corrected chi connectivity index (χ3v) is 4.00. The van der Waals surface area contributed by atoms with Crippen LogP contribution in [0.3, 0.4) is 0 Å². The lowest BCUT2D eigenvalue weighted by Gasteiger charge is -2.39. The molecule has 0 aromatic heterocycles. The Labute approximate surface area is 120 Å². The Kier molecular flexibility index (Phi) is 4.78. The van der Waals surface area contributed by atoms with Gasteiger partial charge in [-0.1, -0.05) is 37.3 Å². The molecule has 1 saturated heterocycles. The molecule has 20 heavy (non-hydrogen) atoms. The normalized spacial score (nSPS) is 26.1. The highest BCUT2D eigenvalue weighted by Gasteiger charge is 2.32. The van der Waals surface area contributed by atoms with Crippen LogP contribution in [0.15, 0.2) is 30.3 Å². The van der Waals surface area contributed by atoms with Gasteiger partial charge in [-0.15, -0.1) is 0 Å². The van der Waals surface area contributed by atoms with Crippen molar-refractivity contribution in [3.8, 4) is 0 Å². The van der Waals surface area contributed by atoms with E-state index in [9.17, 15) is 4.79 Å². The topological polar surface area (TPSA) is 55.6 Å². The van der Waals surface area contributed by atoms with E-state index in [1.165, 1.54) is 0 Å². The average molecular weight is 276 g/mol. The maximum Gasteiger partial charge on any atom is 0.227 e. The molecule has 4 atom stereocenters. The quantitative estimate of drug-likeness (QED) is 0.918. The highest BCUT2D eigenvalue weighted by Crippen LogP contribution is 2.23. The molecule has 1 amide bonds. The predicted octanol–water partition coefficient (Wildman–Crippen LogP) is 1.96. The summed E-state index contributed by atoms with van der Waals surface area (Å²) in [5.74, 6) is -0.117. The van der Waals surface area contributed by atoms with Crippen LogP contribution in [0.25, 0.3) is 0 Å². The molecule has 4 nitrogen and oxygen atoms in total. The summed E-state index contributed by atoms with van der Waals surface area (Å²) in [6.45, 7) is 7.16. The van der Waals surface area contributed by atoms with Crippen LogP contribution in [0.1, 0.15) is 32.4 Å². The van der Waals surface area contributed by atoms with E-state index in [2.05, 4.69) is 0 Å². The van der Waals surface area contributed by atoms with Crippen molar-refractivity contribution in [2.75, 3.05) is 13.2 Å². The molecule has 4 unspecified atom stereocenters. The Morgan fingerprint density at radius 2 is 2.00 bits per heavy atom. The smallest absolute Gasteiger partial charge is 0.227 e. The van der Waals surface area contributed by atoms with E-state index in [0.29, 0.717) is 13.2 Å². The minimum atomic E-state index is -0.269. The van der Waals surface area contributed by atoms with Crippen LogP contribution < -0.4 is 5.73 Å². The molecule has 0 bridgehead atoms. The molecular weight excluding hydrogens is 252 g/mol. The number of benzene rings is 1. The molecule has 1 aromatic rings. The van der Waals surface area contributed by atoms with Crippen molar-refractivity contribution in [3.05, 3.63) is 35.9 Å². The Balaban J connectivity index is 2.08. The van der Waals surface area contributed by atoms with Gasteiger partial charge in [0.05, 0.1) is 24.7 Å². The van der Waals surface area contributed by atoms with Crippen molar-refractivity contribution in [2.45, 2.75) is 39.0 Å². The molecule has 4 heteroatoms. The van der Waals surface area contributed by atoms with Crippen LogP contribution in [-0.2, 0) is 9.53 Å². The van der Waals surface area contributed by atoms with E-state index in [4.69, 9.17) is 10.5 Å². The van der Waals surface area contributed by atoms with Crippen molar-refractivity contribution in [1.82, 2.24) is 4.90 Å². The van der Waals surface area contributed by atoms with E-state index in [-0.39, 0.29) is 30.0 Å². The molecule has 1 aliphatic heterocycles. The van der Waals surface area contributed by atoms with Gasteiger partial charge in [0.1, 0.15) is 0 Å². The van der Waals surface area contributed by atoms with Crippen LogP contribution in [0.2, 0.25) is 0 Å². The standard InChI is InChI=1S/C16H24N2O2/c1-11-10-20-12(2)9-18(11)16(19)13(3)15(17)14-7-5-4-6-8-14/h4-8,11-13,15H,9-10,17H2,1-3H3. The number of nitrogens with zero attached hydrogens (tertiary/aromatic N) is 1. The van der Waals surface area contributed by atoms with Gasteiger partial charge < -0.3 is 15.4 Å². The van der Waals surface area contributed by atoms with E-state index < -0.39 is 0 Å². The molecule has 0 spiro atoms. The Hall–Kier alpha value is -1.39. The van der Waals surface area contributed by atoms with Crippen LogP contribution in [0.4, 0.5) is 0 Å². The molecule has 0 saturated carbocycles. The lowest BCUT2D eigenvalue weighted by Crippen LogP contribution is -2.52. The first-order valence-electron chi connectivity index (χ1n) is 7.23. The number of hydrogen-bond acceptors (Lipinski definition) is 3. The number of ether oxygens (including phenoxy) is 1. The van der Waals surface area contributed by atoms with Crippen LogP contribution in [0, 0.1) is 5.92 Å². The van der Waals surface area contributed by atoms with E-state index in [0.717, 1.165) is 5.56 Å². The molecule has 1 aromatic carbocycles. The molecule has 1 heterocycles. The Bertz CT molecular complexity index is 449. The summed E-state index contributed by atoms with van der Waals surface area (Å²) in [6.07, 6.45) is 0.0929. The lowest BCUT2D eigenvalue weighted by molar-refractivity contribution is -0.147. The number of carbonyl (C=O) groups excluding carboxylic acids is 1. The summed E-state index contributed by atoms with van der Waals surface area (Å²) in [7, 11) is 0. The van der Waals surface area contributed by atoms with Gasteiger partial charge in [0.2, 0.25) is 5.91 Å². The first-order valence-corrected chi connectivity index (χ1v) is 7.23. The van der Waals surface area contributed by atoms with Crippen molar-refractivity contribution >= 4 is 5.91 Å². The van der Waals surface area contributed by atoms with Crippen LogP contribution in [-0.4, -0.2) is 36.1 Å². The monoisotopic (exact) mass is 276 g/mol. The van der Waals surface area contributed by atoms with Crippen molar-refractivity contribution in [1.29, 1.82) is 0 Å². The van der Waals surface area contributed by atoms with Gasteiger partial charge in [-0.3, -0.25) is 4.79 Å². The summed E-state index contributed by atoms with van der Waals surface area (Å²) >= 11 is 0. The fraction of sp³-hybridized carbons (Fsp3) is 0.562. The van der Waals surface area contributed by atoms with E-state index in [1.54, 1.807) is 0 Å².